The van der Waals surface area contributed by atoms with Crippen LogP contribution < -0.4 is 15.4 Å². The number of aliphatic carboxylic acids is 1. The second-order valence-corrected chi connectivity index (χ2v) is 5.67. The Balaban J connectivity index is 2.91. The van der Waals surface area contributed by atoms with E-state index in [0.717, 1.165) is 18.2 Å². The molecule has 0 radical (unpaired) electrons. The van der Waals surface area contributed by atoms with Crippen molar-refractivity contribution >= 4 is 23.4 Å². The van der Waals surface area contributed by atoms with Crippen LogP contribution in [0, 0.1) is 10.1 Å². The zero-order chi connectivity index (χ0) is 19.2. The Morgan fingerprint density at radius 3 is 2.56 bits per heavy atom. The average molecular weight is 361 g/mol. The molecule has 1 aromatic carbocycles. The first kappa shape index (κ1) is 20.1. The third-order valence-electron chi connectivity index (χ3n) is 3.05. The molecule has 25 heavy (non-hydrogen) atoms. The van der Waals surface area contributed by atoms with Crippen LogP contribution in [0.1, 0.15) is 26.7 Å². The summed E-state index contributed by atoms with van der Waals surface area (Å²) >= 11 is 0. The van der Waals surface area contributed by atoms with Crippen molar-refractivity contribution in [2.24, 2.45) is 0 Å². The van der Waals surface area contributed by atoms with Crippen molar-refractivity contribution in [3.8, 4) is 5.75 Å². The van der Waals surface area contributed by atoms with E-state index in [1.807, 2.05) is 0 Å². The summed E-state index contributed by atoms with van der Waals surface area (Å²) in [4.78, 5) is 32.6. The molecule has 1 rings (SSSR count). The summed E-state index contributed by atoms with van der Waals surface area (Å²) in [7, 11) is 0. The molecule has 1 aromatic rings. The van der Waals surface area contributed by atoms with Crippen molar-refractivity contribution in [3.05, 3.63) is 28.3 Å². The smallest absolute Gasteiger partial charge is 0.387 e. The van der Waals surface area contributed by atoms with Gasteiger partial charge in [0.05, 0.1) is 10.6 Å². The van der Waals surface area contributed by atoms with Crippen molar-refractivity contribution in [3.63, 3.8) is 0 Å². The van der Waals surface area contributed by atoms with Gasteiger partial charge < -0.3 is 20.5 Å². The molecule has 11 heteroatoms. The highest BCUT2D eigenvalue weighted by molar-refractivity contribution is 5.91. The SMILES string of the molecule is CC(C)(CCC(=O)O)NC(=O)Nc1cc([N+](=O)[O-])ccc1OC(F)F. The molecule has 0 spiro atoms. The van der Waals surface area contributed by atoms with Crippen LogP contribution in [-0.4, -0.2) is 34.2 Å². The number of benzene rings is 1. The van der Waals surface area contributed by atoms with Gasteiger partial charge in [-0.2, -0.15) is 8.78 Å². The molecular weight excluding hydrogens is 344 g/mol. The van der Waals surface area contributed by atoms with Gasteiger partial charge in [0.25, 0.3) is 5.69 Å². The maximum atomic E-state index is 12.4. The molecule has 0 atom stereocenters. The number of amides is 2. The van der Waals surface area contributed by atoms with Gasteiger partial charge in [-0.3, -0.25) is 14.9 Å². The average Bonchev–Trinajstić information content (AvgIpc) is 2.45. The van der Waals surface area contributed by atoms with Crippen molar-refractivity contribution in [1.29, 1.82) is 0 Å². The lowest BCUT2D eigenvalue weighted by Gasteiger charge is -2.26. The topological polar surface area (TPSA) is 131 Å². The van der Waals surface area contributed by atoms with E-state index in [0.29, 0.717) is 0 Å². The summed E-state index contributed by atoms with van der Waals surface area (Å²) in [5.41, 5.74) is -1.66. The molecule has 0 bridgehead atoms. The Morgan fingerprint density at radius 2 is 2.04 bits per heavy atom. The zero-order valence-electron chi connectivity index (χ0n) is 13.4. The number of carbonyl (C=O) groups is 2. The molecular formula is C14H17F2N3O6. The molecule has 0 aromatic heterocycles. The standard InChI is InChI=1S/C14H17F2N3O6/c1-14(2,6-5-11(20)21)18-13(22)17-9-7-8(19(23)24)3-4-10(9)25-12(15)16/h3-4,7,12H,5-6H2,1-2H3,(H,20,21)(H2,17,18,22). The first-order chi connectivity index (χ1) is 11.5. The van der Waals surface area contributed by atoms with E-state index >= 15 is 0 Å². The Morgan fingerprint density at radius 1 is 1.40 bits per heavy atom. The number of ether oxygens (including phenoxy) is 1. The number of carboxylic acid groups (broad SMARTS) is 1. The predicted molar refractivity (Wildman–Crippen MR) is 82.8 cm³/mol. The number of nitrogens with zero attached hydrogens (tertiary/aromatic N) is 1. The van der Waals surface area contributed by atoms with Gasteiger partial charge in [-0.15, -0.1) is 0 Å². The van der Waals surface area contributed by atoms with E-state index in [1.165, 1.54) is 0 Å². The van der Waals surface area contributed by atoms with Gasteiger partial charge in [0.15, 0.2) is 0 Å². The normalized spacial score (nSPS) is 11.1. The number of carboxylic acids is 1. The molecule has 0 unspecified atom stereocenters. The van der Waals surface area contributed by atoms with Crippen LogP contribution in [-0.2, 0) is 4.79 Å². The number of nitro benzene ring substituents is 1. The first-order valence-corrected chi connectivity index (χ1v) is 7.04. The summed E-state index contributed by atoms with van der Waals surface area (Å²) in [6, 6.07) is 1.92. The number of alkyl halides is 2. The fourth-order valence-corrected chi connectivity index (χ4v) is 1.87. The molecule has 3 N–H and O–H groups in total. The van der Waals surface area contributed by atoms with Crippen LogP contribution in [0.15, 0.2) is 18.2 Å². The summed E-state index contributed by atoms with van der Waals surface area (Å²) in [5, 5.41) is 24.1. The lowest BCUT2D eigenvalue weighted by atomic mass is 9.99. The lowest BCUT2D eigenvalue weighted by molar-refractivity contribution is -0.384. The molecule has 0 heterocycles. The Bertz CT molecular complexity index is 666. The van der Waals surface area contributed by atoms with Gasteiger partial charge in [-0.05, 0) is 26.3 Å². The van der Waals surface area contributed by atoms with E-state index in [4.69, 9.17) is 5.11 Å². The highest BCUT2D eigenvalue weighted by atomic mass is 19.3. The monoisotopic (exact) mass is 361 g/mol. The van der Waals surface area contributed by atoms with E-state index in [-0.39, 0.29) is 18.5 Å². The van der Waals surface area contributed by atoms with Crippen LogP contribution in [0.4, 0.5) is 25.0 Å². The summed E-state index contributed by atoms with van der Waals surface area (Å²) in [6.07, 6.45) is -0.0745. The van der Waals surface area contributed by atoms with Crippen molar-refractivity contribution in [2.75, 3.05) is 5.32 Å². The van der Waals surface area contributed by atoms with Crippen LogP contribution in [0.5, 0.6) is 5.75 Å². The van der Waals surface area contributed by atoms with E-state index in [1.54, 1.807) is 13.8 Å². The number of urea groups is 1. The fraction of sp³-hybridized carbons (Fsp3) is 0.429. The molecule has 0 aliphatic rings. The minimum Gasteiger partial charge on any atom is -0.481 e. The summed E-state index contributed by atoms with van der Waals surface area (Å²) < 4.78 is 29.0. The van der Waals surface area contributed by atoms with Crippen LogP contribution in [0.2, 0.25) is 0 Å². The first-order valence-electron chi connectivity index (χ1n) is 7.04. The number of halogens is 2. The van der Waals surface area contributed by atoms with Gasteiger partial charge in [0.2, 0.25) is 0 Å². The molecule has 0 saturated carbocycles. The van der Waals surface area contributed by atoms with Gasteiger partial charge in [0.1, 0.15) is 5.75 Å². The fourth-order valence-electron chi connectivity index (χ4n) is 1.87. The maximum Gasteiger partial charge on any atom is 0.387 e. The molecule has 0 fully saturated rings. The Labute approximate surface area is 141 Å². The van der Waals surface area contributed by atoms with Gasteiger partial charge in [0, 0.05) is 24.1 Å². The summed E-state index contributed by atoms with van der Waals surface area (Å²) in [6.45, 7) is -0.0453. The zero-order valence-corrected chi connectivity index (χ0v) is 13.4. The Hall–Kier alpha value is -2.98. The number of hydrogen-bond donors (Lipinski definition) is 3. The molecule has 9 nitrogen and oxygen atoms in total. The quantitative estimate of drug-likeness (QED) is 0.482. The molecule has 2 amide bonds. The molecule has 0 aliphatic carbocycles. The number of hydrogen-bond acceptors (Lipinski definition) is 5. The van der Waals surface area contributed by atoms with Crippen LogP contribution >= 0.6 is 0 Å². The number of nitro groups is 1. The number of carbonyl (C=O) groups excluding carboxylic acids is 1. The van der Waals surface area contributed by atoms with E-state index in [2.05, 4.69) is 15.4 Å². The van der Waals surface area contributed by atoms with E-state index in [9.17, 15) is 28.5 Å². The Kier molecular flexibility index (Phi) is 6.60. The minimum absolute atomic E-state index is 0.116. The molecule has 138 valence electrons. The number of rotatable bonds is 8. The second kappa shape index (κ2) is 8.22. The van der Waals surface area contributed by atoms with Crippen LogP contribution in [0.3, 0.4) is 0 Å². The van der Waals surface area contributed by atoms with Gasteiger partial charge >= 0.3 is 18.6 Å². The third-order valence-corrected chi connectivity index (χ3v) is 3.05. The number of non-ortho nitro benzene ring substituents is 1. The maximum absolute atomic E-state index is 12.4. The predicted octanol–water partition coefficient (Wildman–Crippen LogP) is 2.96. The summed E-state index contributed by atoms with van der Waals surface area (Å²) in [5.74, 6) is -1.49. The van der Waals surface area contributed by atoms with Crippen molar-refractivity contribution < 1.29 is 33.1 Å². The largest absolute Gasteiger partial charge is 0.481 e. The lowest BCUT2D eigenvalue weighted by Crippen LogP contribution is -2.45. The van der Waals surface area contributed by atoms with Gasteiger partial charge in [-0.25, -0.2) is 4.79 Å². The number of anilines is 1. The van der Waals surface area contributed by atoms with Crippen molar-refractivity contribution in [2.45, 2.75) is 38.8 Å². The molecule has 0 saturated heterocycles. The third kappa shape index (κ3) is 6.97. The van der Waals surface area contributed by atoms with E-state index < -0.39 is 40.5 Å². The number of nitrogens with one attached hydrogen (secondary N) is 2. The van der Waals surface area contributed by atoms with Crippen LogP contribution in [0.25, 0.3) is 0 Å². The second-order valence-electron chi connectivity index (χ2n) is 5.67. The highest BCUT2D eigenvalue weighted by Crippen LogP contribution is 2.30. The molecule has 0 aliphatic heterocycles. The highest BCUT2D eigenvalue weighted by Gasteiger charge is 2.23. The van der Waals surface area contributed by atoms with Gasteiger partial charge in [-0.1, -0.05) is 0 Å². The minimum atomic E-state index is -3.18. The van der Waals surface area contributed by atoms with Crippen molar-refractivity contribution in [1.82, 2.24) is 5.32 Å².